The second-order valence-corrected chi connectivity index (χ2v) is 5.98. The van der Waals surface area contributed by atoms with Gasteiger partial charge in [-0.25, -0.2) is 0 Å². The molecule has 100 valence electrons. The Labute approximate surface area is 111 Å². The van der Waals surface area contributed by atoms with E-state index in [9.17, 15) is 0 Å². The summed E-state index contributed by atoms with van der Waals surface area (Å²) in [5.74, 6) is 0. The summed E-state index contributed by atoms with van der Waals surface area (Å²) in [6.45, 7) is 11.4. The lowest BCUT2D eigenvalue weighted by atomic mass is 9.97. The van der Waals surface area contributed by atoms with Gasteiger partial charge in [-0.2, -0.15) is 0 Å². The van der Waals surface area contributed by atoms with Crippen LogP contribution in [0.4, 0.5) is 5.69 Å². The van der Waals surface area contributed by atoms with Gasteiger partial charge in [0.15, 0.2) is 0 Å². The van der Waals surface area contributed by atoms with Crippen LogP contribution in [0.5, 0.6) is 0 Å². The number of nitrogens with zero attached hydrogens (tertiary/aromatic N) is 1. The van der Waals surface area contributed by atoms with Gasteiger partial charge in [-0.1, -0.05) is 25.1 Å². The van der Waals surface area contributed by atoms with Gasteiger partial charge in [0, 0.05) is 23.8 Å². The lowest BCUT2D eigenvalue weighted by Crippen LogP contribution is -2.52. The summed E-state index contributed by atoms with van der Waals surface area (Å²) in [5.41, 5.74) is 3.04. The molecule has 1 N–H and O–H groups in total. The molecule has 1 aromatic carbocycles. The lowest BCUT2D eigenvalue weighted by Gasteiger charge is -2.43. The number of para-hydroxylation sites is 1. The Balaban J connectivity index is 2.43. The van der Waals surface area contributed by atoms with Gasteiger partial charge >= 0.3 is 0 Å². The van der Waals surface area contributed by atoms with Crippen molar-refractivity contribution < 1.29 is 0 Å². The summed E-state index contributed by atoms with van der Waals surface area (Å²) in [7, 11) is 0. The molecule has 0 aromatic heterocycles. The zero-order valence-corrected chi connectivity index (χ0v) is 12.2. The fourth-order valence-electron chi connectivity index (χ4n) is 3.12. The van der Waals surface area contributed by atoms with Gasteiger partial charge in [-0.15, -0.1) is 0 Å². The quantitative estimate of drug-likeness (QED) is 0.862. The molecule has 1 saturated heterocycles. The normalized spacial score (nSPS) is 23.8. The topological polar surface area (TPSA) is 15.3 Å². The summed E-state index contributed by atoms with van der Waals surface area (Å²) in [6.07, 6.45) is 2.31. The smallest absolute Gasteiger partial charge is 0.0473 e. The molecule has 18 heavy (non-hydrogen) atoms. The van der Waals surface area contributed by atoms with Crippen LogP contribution in [0.2, 0.25) is 0 Å². The Morgan fingerprint density at radius 3 is 2.78 bits per heavy atom. The number of nitrogens with one attached hydrogen (secondary N) is 1. The van der Waals surface area contributed by atoms with Gasteiger partial charge in [-0.3, -0.25) is 0 Å². The third-order valence-electron chi connectivity index (χ3n) is 4.02. The van der Waals surface area contributed by atoms with Gasteiger partial charge in [0.1, 0.15) is 0 Å². The molecule has 0 spiro atoms. The number of benzene rings is 1. The van der Waals surface area contributed by atoms with Crippen molar-refractivity contribution in [2.45, 2.75) is 52.1 Å². The van der Waals surface area contributed by atoms with E-state index in [4.69, 9.17) is 0 Å². The predicted octanol–water partition coefficient (Wildman–Crippen LogP) is 3.22. The summed E-state index contributed by atoms with van der Waals surface area (Å²) < 4.78 is 0. The molecular weight excluding hydrogens is 220 g/mol. The van der Waals surface area contributed by atoms with E-state index < -0.39 is 0 Å². The van der Waals surface area contributed by atoms with E-state index in [0.29, 0.717) is 6.04 Å². The highest BCUT2D eigenvalue weighted by Gasteiger charge is 2.33. The molecule has 0 radical (unpaired) electrons. The van der Waals surface area contributed by atoms with Gasteiger partial charge in [0.25, 0.3) is 0 Å². The first-order valence-electron chi connectivity index (χ1n) is 7.14. The minimum Gasteiger partial charge on any atom is -0.362 e. The van der Waals surface area contributed by atoms with Crippen LogP contribution in [0.25, 0.3) is 0 Å². The van der Waals surface area contributed by atoms with E-state index in [1.165, 1.54) is 17.7 Å². The van der Waals surface area contributed by atoms with Crippen LogP contribution in [0.15, 0.2) is 24.3 Å². The molecule has 1 atom stereocenters. The Kier molecular flexibility index (Phi) is 3.96. The van der Waals surface area contributed by atoms with Crippen LogP contribution < -0.4 is 10.2 Å². The highest BCUT2D eigenvalue weighted by Crippen LogP contribution is 2.32. The van der Waals surface area contributed by atoms with Crippen LogP contribution in [0.3, 0.4) is 0 Å². The number of hydrogen-bond acceptors (Lipinski definition) is 2. The van der Waals surface area contributed by atoms with Crippen molar-refractivity contribution in [3.8, 4) is 0 Å². The average molecular weight is 246 g/mol. The van der Waals surface area contributed by atoms with Crippen LogP contribution in [0, 0.1) is 0 Å². The van der Waals surface area contributed by atoms with Crippen molar-refractivity contribution in [1.29, 1.82) is 0 Å². The molecule has 0 aliphatic carbocycles. The van der Waals surface area contributed by atoms with E-state index in [2.05, 4.69) is 62.2 Å². The summed E-state index contributed by atoms with van der Waals surface area (Å²) in [5, 5.41) is 3.56. The van der Waals surface area contributed by atoms with Gasteiger partial charge < -0.3 is 10.2 Å². The Bertz CT molecular complexity index is 398. The molecule has 1 heterocycles. The molecule has 2 nitrogen and oxygen atoms in total. The van der Waals surface area contributed by atoms with Gasteiger partial charge in [-0.05, 0) is 51.8 Å². The van der Waals surface area contributed by atoms with E-state index >= 15 is 0 Å². The fourth-order valence-corrected chi connectivity index (χ4v) is 3.12. The van der Waals surface area contributed by atoms with Crippen molar-refractivity contribution >= 4 is 5.69 Å². The second kappa shape index (κ2) is 5.31. The molecule has 1 unspecified atom stereocenters. The standard InChI is InChI=1S/C16H26N2/c1-5-14-8-6-7-9-15(14)18-13(2)10-11-17-12-16(18,3)4/h6-9,13,17H,5,10-12H2,1-4H3. The largest absolute Gasteiger partial charge is 0.362 e. The molecule has 0 bridgehead atoms. The van der Waals surface area contributed by atoms with E-state index in [-0.39, 0.29) is 5.54 Å². The van der Waals surface area contributed by atoms with Crippen molar-refractivity contribution in [1.82, 2.24) is 5.32 Å². The number of aryl methyl sites for hydroxylation is 1. The third-order valence-corrected chi connectivity index (χ3v) is 4.02. The molecular formula is C16H26N2. The monoisotopic (exact) mass is 246 g/mol. The molecule has 2 rings (SSSR count). The Hall–Kier alpha value is -1.02. The van der Waals surface area contributed by atoms with Crippen molar-refractivity contribution in [2.24, 2.45) is 0 Å². The van der Waals surface area contributed by atoms with Gasteiger partial charge in [0.2, 0.25) is 0 Å². The first kappa shape index (κ1) is 13.4. The number of anilines is 1. The molecule has 1 aliphatic rings. The molecule has 0 saturated carbocycles. The number of hydrogen-bond donors (Lipinski definition) is 1. The zero-order chi connectivity index (χ0) is 13.2. The highest BCUT2D eigenvalue weighted by molar-refractivity contribution is 5.56. The summed E-state index contributed by atoms with van der Waals surface area (Å²) >= 11 is 0. The Morgan fingerprint density at radius 2 is 2.06 bits per heavy atom. The van der Waals surface area contributed by atoms with E-state index in [1.54, 1.807) is 0 Å². The molecule has 1 aromatic rings. The van der Waals surface area contributed by atoms with Crippen LogP contribution in [-0.4, -0.2) is 24.7 Å². The van der Waals surface area contributed by atoms with Crippen molar-refractivity contribution in [2.75, 3.05) is 18.0 Å². The SMILES string of the molecule is CCc1ccccc1N1C(C)CCNCC1(C)C. The molecule has 1 fully saturated rings. The maximum Gasteiger partial charge on any atom is 0.0473 e. The predicted molar refractivity (Wildman–Crippen MR) is 79.3 cm³/mol. The third kappa shape index (κ3) is 2.54. The maximum atomic E-state index is 3.56. The van der Waals surface area contributed by atoms with Gasteiger partial charge in [0.05, 0.1) is 0 Å². The van der Waals surface area contributed by atoms with Crippen LogP contribution >= 0.6 is 0 Å². The van der Waals surface area contributed by atoms with E-state index in [0.717, 1.165) is 19.5 Å². The summed E-state index contributed by atoms with van der Waals surface area (Å²) in [6, 6.07) is 9.44. The molecule has 0 amide bonds. The minimum absolute atomic E-state index is 0.168. The number of rotatable bonds is 2. The highest BCUT2D eigenvalue weighted by atomic mass is 15.3. The van der Waals surface area contributed by atoms with Crippen molar-refractivity contribution in [3.63, 3.8) is 0 Å². The maximum absolute atomic E-state index is 3.56. The molecule has 1 aliphatic heterocycles. The first-order chi connectivity index (χ1) is 8.56. The van der Waals surface area contributed by atoms with E-state index in [1.807, 2.05) is 0 Å². The molecule has 2 heteroatoms. The average Bonchev–Trinajstić information content (AvgIpc) is 2.47. The minimum atomic E-state index is 0.168. The van der Waals surface area contributed by atoms with Crippen molar-refractivity contribution in [3.05, 3.63) is 29.8 Å². The second-order valence-electron chi connectivity index (χ2n) is 5.98. The Morgan fingerprint density at radius 1 is 1.33 bits per heavy atom. The summed E-state index contributed by atoms with van der Waals surface area (Å²) in [4.78, 5) is 2.62. The zero-order valence-electron chi connectivity index (χ0n) is 12.2. The fraction of sp³-hybridized carbons (Fsp3) is 0.625. The van der Waals surface area contributed by atoms with Crippen LogP contribution in [0.1, 0.15) is 39.7 Å². The lowest BCUT2D eigenvalue weighted by molar-refractivity contribution is 0.432. The van der Waals surface area contributed by atoms with Crippen LogP contribution in [-0.2, 0) is 6.42 Å². The first-order valence-corrected chi connectivity index (χ1v) is 7.14.